The highest BCUT2D eigenvalue weighted by Gasteiger charge is 2.67. The van der Waals surface area contributed by atoms with Gasteiger partial charge in [0.15, 0.2) is 17.3 Å². The first-order chi connectivity index (χ1) is 9.30. The van der Waals surface area contributed by atoms with Gasteiger partial charge in [-0.2, -0.15) is 0 Å². The Kier molecular flexibility index (Phi) is 1.59. The quantitative estimate of drug-likeness (QED) is 0.758. The summed E-state index contributed by atoms with van der Waals surface area (Å²) in [7, 11) is 0. The predicted molar refractivity (Wildman–Crippen MR) is 67.1 cm³/mol. The molecule has 0 bridgehead atoms. The minimum atomic E-state index is 0.0163. The summed E-state index contributed by atoms with van der Waals surface area (Å²) >= 11 is 0. The predicted octanol–water partition coefficient (Wildman–Crippen LogP) is 1.28. The van der Waals surface area contributed by atoms with E-state index in [1.165, 1.54) is 11.1 Å². The van der Waals surface area contributed by atoms with Gasteiger partial charge in [0.2, 0.25) is 6.79 Å². The van der Waals surface area contributed by atoms with E-state index in [1.807, 2.05) is 6.07 Å². The smallest absolute Gasteiger partial charge is 0.231 e. The van der Waals surface area contributed by atoms with Crippen molar-refractivity contribution in [1.29, 1.82) is 0 Å². The van der Waals surface area contributed by atoms with Gasteiger partial charge in [-0.1, -0.05) is 12.1 Å². The number of fused-ring (bicyclic) bond motifs is 4. The summed E-state index contributed by atoms with van der Waals surface area (Å²) in [5.41, 5.74) is 2.53. The molecule has 2 heterocycles. The minimum Gasteiger partial charge on any atom is -0.454 e. The van der Waals surface area contributed by atoms with Crippen LogP contribution in [0.15, 0.2) is 24.3 Å². The number of hydrogen-bond acceptors (Lipinski definition) is 4. The van der Waals surface area contributed by atoms with Crippen molar-refractivity contribution in [2.45, 2.75) is 24.4 Å². The van der Waals surface area contributed by atoms with Crippen LogP contribution in [0.2, 0.25) is 0 Å². The summed E-state index contributed by atoms with van der Waals surface area (Å²) in [5, 5.41) is 3.56. The molecule has 2 aliphatic carbocycles. The summed E-state index contributed by atoms with van der Waals surface area (Å²) in [5.74, 6) is 2.37. The molecule has 4 aliphatic rings. The maximum atomic E-state index is 11.6. The van der Waals surface area contributed by atoms with Crippen molar-refractivity contribution < 1.29 is 14.3 Å². The molecule has 0 aromatic heterocycles. The molecule has 1 fully saturated rings. The van der Waals surface area contributed by atoms with Gasteiger partial charge < -0.3 is 14.8 Å². The van der Waals surface area contributed by atoms with Gasteiger partial charge in [-0.3, -0.25) is 4.79 Å². The van der Waals surface area contributed by atoms with E-state index in [0.29, 0.717) is 25.2 Å². The molecule has 1 spiro atoms. The van der Waals surface area contributed by atoms with Gasteiger partial charge in [-0.25, -0.2) is 0 Å². The molecule has 4 nitrogen and oxygen atoms in total. The third-order valence-corrected chi connectivity index (χ3v) is 4.99. The number of allylic oxidation sites excluding steroid dienone is 1. The van der Waals surface area contributed by atoms with Crippen molar-refractivity contribution in [3.05, 3.63) is 35.4 Å². The zero-order valence-corrected chi connectivity index (χ0v) is 10.3. The zero-order chi connectivity index (χ0) is 12.6. The fourth-order valence-corrected chi connectivity index (χ4v) is 4.10. The fourth-order valence-electron chi connectivity index (χ4n) is 4.10. The number of rotatable bonds is 0. The molecule has 1 saturated carbocycles. The summed E-state index contributed by atoms with van der Waals surface area (Å²) in [6.07, 6.45) is 4.50. The van der Waals surface area contributed by atoms with E-state index in [1.54, 1.807) is 6.08 Å². The summed E-state index contributed by atoms with van der Waals surface area (Å²) in [6.45, 7) is 1.10. The van der Waals surface area contributed by atoms with Crippen LogP contribution in [0.25, 0.3) is 0 Å². The molecule has 2 aliphatic heterocycles. The highest BCUT2D eigenvalue weighted by molar-refractivity contribution is 5.93. The molecule has 4 heteroatoms. The van der Waals surface area contributed by atoms with E-state index in [9.17, 15) is 4.79 Å². The number of ether oxygens (including phenoxy) is 2. The Labute approximate surface area is 110 Å². The molecule has 1 aromatic carbocycles. The van der Waals surface area contributed by atoms with Crippen LogP contribution >= 0.6 is 0 Å². The van der Waals surface area contributed by atoms with E-state index < -0.39 is 0 Å². The molecule has 5 rings (SSSR count). The van der Waals surface area contributed by atoms with E-state index in [4.69, 9.17) is 9.47 Å². The van der Waals surface area contributed by atoms with Crippen molar-refractivity contribution in [2.24, 2.45) is 5.92 Å². The molecular weight excluding hydrogens is 242 g/mol. The topological polar surface area (TPSA) is 47.6 Å². The van der Waals surface area contributed by atoms with Gasteiger partial charge in [0.1, 0.15) is 0 Å². The number of nitrogens with one attached hydrogen (secondary N) is 1. The van der Waals surface area contributed by atoms with E-state index in [0.717, 1.165) is 18.0 Å². The first kappa shape index (κ1) is 10.0. The summed E-state index contributed by atoms with van der Waals surface area (Å²) < 4.78 is 11.0. The highest BCUT2D eigenvalue weighted by atomic mass is 16.7. The van der Waals surface area contributed by atoms with Gasteiger partial charge in [0, 0.05) is 30.0 Å². The third kappa shape index (κ3) is 1.03. The van der Waals surface area contributed by atoms with Crippen LogP contribution in [0.4, 0.5) is 0 Å². The van der Waals surface area contributed by atoms with Crippen molar-refractivity contribution in [3.63, 3.8) is 0 Å². The zero-order valence-electron chi connectivity index (χ0n) is 10.3. The second kappa shape index (κ2) is 3.02. The monoisotopic (exact) mass is 255 g/mol. The lowest BCUT2D eigenvalue weighted by Crippen LogP contribution is -2.31. The van der Waals surface area contributed by atoms with Gasteiger partial charge in [0.05, 0.1) is 0 Å². The largest absolute Gasteiger partial charge is 0.454 e. The lowest BCUT2D eigenvalue weighted by molar-refractivity contribution is -0.115. The first-order valence-electron chi connectivity index (χ1n) is 6.68. The maximum Gasteiger partial charge on any atom is 0.231 e. The average Bonchev–Trinajstić information content (AvgIpc) is 2.84. The second-order valence-electron chi connectivity index (χ2n) is 5.73. The van der Waals surface area contributed by atoms with Crippen molar-refractivity contribution in [2.75, 3.05) is 6.79 Å². The Morgan fingerprint density at radius 2 is 2.26 bits per heavy atom. The number of hydrogen-bond donors (Lipinski definition) is 1. The van der Waals surface area contributed by atoms with E-state index >= 15 is 0 Å². The molecular formula is C15H13NO3. The molecule has 3 atom stereocenters. The number of ketones is 1. The normalized spacial score (nSPS) is 36.5. The molecule has 0 saturated heterocycles. The first-order valence-corrected chi connectivity index (χ1v) is 6.68. The van der Waals surface area contributed by atoms with Crippen LogP contribution in [0.3, 0.4) is 0 Å². The lowest BCUT2D eigenvalue weighted by atomic mass is 9.83. The SMILES string of the molecule is O=C1C=C[C@@]23c4ccc5c(c4CNC2[C@H]3C1)OCO5. The Morgan fingerprint density at radius 3 is 3.21 bits per heavy atom. The molecule has 96 valence electrons. The van der Waals surface area contributed by atoms with Crippen molar-refractivity contribution in [1.82, 2.24) is 5.32 Å². The highest BCUT2D eigenvalue weighted by Crippen LogP contribution is 2.63. The van der Waals surface area contributed by atoms with Crippen LogP contribution in [0.5, 0.6) is 11.5 Å². The summed E-state index contributed by atoms with van der Waals surface area (Å²) in [4.78, 5) is 11.6. The standard InChI is InChI=1S/C15H13NO3/c17-8-3-4-15-10-1-2-12-13(19-7-18-12)9(10)6-16-14(15)11(15)5-8/h1-4,11,14,16H,5-7H2/t11-,14?,15+/m1/s1. The Morgan fingerprint density at radius 1 is 1.32 bits per heavy atom. The van der Waals surface area contributed by atoms with Crippen LogP contribution < -0.4 is 14.8 Å². The molecule has 1 N–H and O–H groups in total. The van der Waals surface area contributed by atoms with Gasteiger partial charge in [0.25, 0.3) is 0 Å². The van der Waals surface area contributed by atoms with Gasteiger partial charge >= 0.3 is 0 Å². The lowest BCUT2D eigenvalue weighted by Gasteiger charge is -2.25. The van der Waals surface area contributed by atoms with Crippen LogP contribution in [-0.2, 0) is 16.8 Å². The molecule has 19 heavy (non-hydrogen) atoms. The molecule has 1 aromatic rings. The van der Waals surface area contributed by atoms with Crippen LogP contribution in [-0.4, -0.2) is 18.6 Å². The molecule has 0 radical (unpaired) electrons. The van der Waals surface area contributed by atoms with Crippen LogP contribution in [0.1, 0.15) is 17.5 Å². The fraction of sp³-hybridized carbons (Fsp3) is 0.400. The Bertz CT molecular complexity index is 651. The molecule has 1 unspecified atom stereocenters. The number of carbonyl (C=O) groups is 1. The number of benzene rings is 1. The van der Waals surface area contributed by atoms with Gasteiger partial charge in [-0.15, -0.1) is 0 Å². The minimum absolute atomic E-state index is 0.0163. The second-order valence-corrected chi connectivity index (χ2v) is 5.73. The average molecular weight is 255 g/mol. The summed E-state index contributed by atoms with van der Waals surface area (Å²) in [6, 6.07) is 4.55. The van der Waals surface area contributed by atoms with Crippen molar-refractivity contribution >= 4 is 5.78 Å². The van der Waals surface area contributed by atoms with Crippen LogP contribution in [0, 0.1) is 5.92 Å². The Balaban J connectivity index is 1.73. The third-order valence-electron chi connectivity index (χ3n) is 4.99. The van der Waals surface area contributed by atoms with E-state index in [2.05, 4.69) is 17.5 Å². The van der Waals surface area contributed by atoms with Crippen molar-refractivity contribution in [3.8, 4) is 11.5 Å². The Hall–Kier alpha value is -1.81. The molecule has 0 amide bonds. The number of carbonyl (C=O) groups excluding carboxylic acids is 1. The maximum absolute atomic E-state index is 11.6. The van der Waals surface area contributed by atoms with Gasteiger partial charge in [-0.05, 0) is 23.6 Å². The van der Waals surface area contributed by atoms with E-state index in [-0.39, 0.29) is 11.2 Å².